The van der Waals surface area contributed by atoms with E-state index in [4.69, 9.17) is 16.1 Å². The molecule has 1 saturated heterocycles. The lowest BCUT2D eigenvalue weighted by Gasteiger charge is -2.32. The van der Waals surface area contributed by atoms with Crippen LogP contribution >= 0.6 is 11.6 Å². The first-order chi connectivity index (χ1) is 13.6. The summed E-state index contributed by atoms with van der Waals surface area (Å²) in [6, 6.07) is 1.40. The minimum absolute atomic E-state index is 0.00168. The Labute approximate surface area is 164 Å². The zero-order valence-electron chi connectivity index (χ0n) is 14.8. The van der Waals surface area contributed by atoms with E-state index in [-0.39, 0.29) is 16.8 Å². The number of piperidine rings is 1. The topological polar surface area (TPSA) is 118 Å². The number of rotatable bonds is 4. The molecule has 10 heteroatoms. The fourth-order valence-electron chi connectivity index (χ4n) is 3.28. The van der Waals surface area contributed by atoms with Crippen molar-refractivity contribution < 1.29 is 9.32 Å². The number of aromatic amines is 1. The molecule has 1 unspecified atom stereocenters. The van der Waals surface area contributed by atoms with Crippen LogP contribution in [0.25, 0.3) is 11.5 Å². The smallest absolute Gasteiger partial charge is 0.266 e. The molecule has 3 aromatic heterocycles. The van der Waals surface area contributed by atoms with Gasteiger partial charge in [0.15, 0.2) is 0 Å². The van der Waals surface area contributed by atoms with Crippen LogP contribution in [0.15, 0.2) is 40.2 Å². The Hall–Kier alpha value is -3.07. The highest BCUT2D eigenvalue weighted by Gasteiger charge is 2.26. The molecule has 0 aromatic carbocycles. The molecule has 0 bridgehead atoms. The second-order valence-electron chi connectivity index (χ2n) is 6.63. The van der Waals surface area contributed by atoms with Gasteiger partial charge < -0.3 is 14.4 Å². The molecular formula is C18H17ClN6O3. The molecule has 28 heavy (non-hydrogen) atoms. The molecule has 4 rings (SSSR count). The quantitative estimate of drug-likeness (QED) is 0.711. The fourth-order valence-corrected chi connectivity index (χ4v) is 3.45. The Morgan fingerprint density at radius 3 is 3.07 bits per heavy atom. The number of H-pyrrole nitrogens is 1. The third kappa shape index (κ3) is 3.94. The lowest BCUT2D eigenvalue weighted by atomic mass is 9.94. The number of nitrogens with zero attached hydrogens (tertiary/aromatic N) is 5. The van der Waals surface area contributed by atoms with Crippen molar-refractivity contribution in [2.24, 2.45) is 5.92 Å². The molecule has 0 radical (unpaired) electrons. The Bertz CT molecular complexity index is 1040. The van der Waals surface area contributed by atoms with E-state index >= 15 is 0 Å². The van der Waals surface area contributed by atoms with Gasteiger partial charge in [-0.05, 0) is 24.8 Å². The summed E-state index contributed by atoms with van der Waals surface area (Å²) < 4.78 is 5.34. The van der Waals surface area contributed by atoms with E-state index < -0.39 is 5.56 Å². The number of halogens is 1. The summed E-state index contributed by atoms with van der Waals surface area (Å²) in [5.41, 5.74) is 0.505. The molecule has 0 saturated carbocycles. The first kappa shape index (κ1) is 18.3. The summed E-state index contributed by atoms with van der Waals surface area (Å²) in [5, 5.41) is 3.96. The van der Waals surface area contributed by atoms with E-state index in [1.54, 1.807) is 23.5 Å². The van der Waals surface area contributed by atoms with E-state index in [0.29, 0.717) is 42.5 Å². The average Bonchev–Trinajstić information content (AvgIpc) is 3.19. The molecule has 1 fully saturated rings. The maximum absolute atomic E-state index is 12.7. The van der Waals surface area contributed by atoms with Crippen LogP contribution in [0.5, 0.6) is 0 Å². The van der Waals surface area contributed by atoms with Crippen molar-refractivity contribution in [2.45, 2.75) is 19.3 Å². The van der Waals surface area contributed by atoms with E-state index in [0.717, 1.165) is 12.8 Å². The van der Waals surface area contributed by atoms with Gasteiger partial charge in [-0.1, -0.05) is 16.8 Å². The van der Waals surface area contributed by atoms with E-state index in [1.807, 2.05) is 0 Å². The summed E-state index contributed by atoms with van der Waals surface area (Å²) in [4.78, 5) is 40.9. The van der Waals surface area contributed by atoms with Crippen LogP contribution in [0.4, 0.5) is 0 Å². The number of aromatic nitrogens is 5. The maximum atomic E-state index is 12.7. The largest absolute Gasteiger partial charge is 0.339 e. The average molecular weight is 401 g/mol. The van der Waals surface area contributed by atoms with Crippen LogP contribution in [0.2, 0.25) is 5.02 Å². The molecule has 1 amide bonds. The molecule has 1 aliphatic rings. The number of amides is 1. The van der Waals surface area contributed by atoms with Crippen LogP contribution < -0.4 is 5.56 Å². The monoisotopic (exact) mass is 400 g/mol. The van der Waals surface area contributed by atoms with Gasteiger partial charge in [-0.3, -0.25) is 14.6 Å². The molecule has 1 atom stereocenters. The Morgan fingerprint density at radius 1 is 1.39 bits per heavy atom. The molecule has 0 spiro atoms. The van der Waals surface area contributed by atoms with Crippen molar-refractivity contribution in [1.29, 1.82) is 0 Å². The number of carbonyl (C=O) groups is 1. The van der Waals surface area contributed by atoms with Crippen LogP contribution in [0.1, 0.15) is 29.1 Å². The number of hydrogen-bond donors (Lipinski definition) is 1. The van der Waals surface area contributed by atoms with Gasteiger partial charge in [-0.25, -0.2) is 4.98 Å². The van der Waals surface area contributed by atoms with Gasteiger partial charge >= 0.3 is 0 Å². The minimum atomic E-state index is -0.412. The molecule has 1 N–H and O–H groups in total. The van der Waals surface area contributed by atoms with Crippen molar-refractivity contribution >= 4 is 17.5 Å². The van der Waals surface area contributed by atoms with Gasteiger partial charge in [0.05, 0.1) is 11.8 Å². The van der Waals surface area contributed by atoms with Gasteiger partial charge in [0.25, 0.3) is 11.5 Å². The second-order valence-corrected chi connectivity index (χ2v) is 7.04. The lowest BCUT2D eigenvalue weighted by Crippen LogP contribution is -2.40. The SMILES string of the molecule is O=C(c1c[nH]c(=O)c(Cl)c1)N1CCCC(Cc2nc(-c3cnccn3)no2)C1. The third-order valence-corrected chi connectivity index (χ3v) is 4.92. The van der Waals surface area contributed by atoms with Crippen LogP contribution in [0.3, 0.4) is 0 Å². The van der Waals surface area contributed by atoms with Crippen LogP contribution in [-0.4, -0.2) is 49.0 Å². The summed E-state index contributed by atoms with van der Waals surface area (Å²) in [5.74, 6) is 0.946. The number of hydrogen-bond acceptors (Lipinski definition) is 7. The van der Waals surface area contributed by atoms with Crippen molar-refractivity contribution in [1.82, 2.24) is 30.0 Å². The normalized spacial score (nSPS) is 16.9. The Morgan fingerprint density at radius 2 is 2.29 bits per heavy atom. The van der Waals surface area contributed by atoms with Gasteiger partial charge in [0, 0.05) is 38.1 Å². The maximum Gasteiger partial charge on any atom is 0.266 e. The Kier molecular flexibility index (Phi) is 5.16. The number of likely N-dealkylation sites (tertiary alicyclic amines) is 1. The van der Waals surface area contributed by atoms with Gasteiger partial charge in [0.2, 0.25) is 11.7 Å². The third-order valence-electron chi connectivity index (χ3n) is 4.63. The first-order valence-electron chi connectivity index (χ1n) is 8.86. The number of pyridine rings is 1. The van der Waals surface area contributed by atoms with E-state index in [9.17, 15) is 9.59 Å². The molecular weight excluding hydrogens is 384 g/mol. The van der Waals surface area contributed by atoms with Crippen molar-refractivity contribution in [3.8, 4) is 11.5 Å². The minimum Gasteiger partial charge on any atom is -0.339 e. The van der Waals surface area contributed by atoms with E-state index in [1.165, 1.54) is 12.3 Å². The standard InChI is InChI=1S/C18H17ClN6O3/c19-13-7-12(8-22-17(13)26)18(27)25-5-1-2-11(10-25)6-15-23-16(24-28-15)14-9-20-3-4-21-14/h3-4,7-9,11H,1-2,5-6,10H2,(H,22,26). The highest BCUT2D eigenvalue weighted by molar-refractivity contribution is 6.30. The fraction of sp³-hybridized carbons (Fsp3) is 0.333. The van der Waals surface area contributed by atoms with Crippen LogP contribution in [0, 0.1) is 5.92 Å². The van der Waals surface area contributed by atoms with Crippen molar-refractivity contribution in [3.63, 3.8) is 0 Å². The summed E-state index contributed by atoms with van der Waals surface area (Å²) in [6.45, 7) is 1.22. The highest BCUT2D eigenvalue weighted by Crippen LogP contribution is 2.23. The second kappa shape index (κ2) is 7.89. The molecule has 4 heterocycles. The van der Waals surface area contributed by atoms with E-state index in [2.05, 4.69) is 25.1 Å². The van der Waals surface area contributed by atoms with Gasteiger partial charge in [0.1, 0.15) is 10.7 Å². The van der Waals surface area contributed by atoms with Crippen molar-refractivity contribution in [2.75, 3.05) is 13.1 Å². The molecule has 3 aromatic rings. The first-order valence-corrected chi connectivity index (χ1v) is 9.24. The zero-order valence-corrected chi connectivity index (χ0v) is 15.6. The summed E-state index contributed by atoms with van der Waals surface area (Å²) >= 11 is 5.83. The lowest BCUT2D eigenvalue weighted by molar-refractivity contribution is 0.0667. The molecule has 9 nitrogen and oxygen atoms in total. The van der Waals surface area contributed by atoms with Crippen molar-refractivity contribution in [3.05, 3.63) is 57.7 Å². The predicted molar refractivity (Wildman–Crippen MR) is 99.7 cm³/mol. The van der Waals surface area contributed by atoms with Gasteiger partial charge in [-0.2, -0.15) is 4.98 Å². The molecule has 144 valence electrons. The number of nitrogens with one attached hydrogen (secondary N) is 1. The zero-order chi connectivity index (χ0) is 19.5. The molecule has 0 aliphatic carbocycles. The van der Waals surface area contributed by atoms with Crippen LogP contribution in [-0.2, 0) is 6.42 Å². The van der Waals surface area contributed by atoms with Gasteiger partial charge in [-0.15, -0.1) is 0 Å². The highest BCUT2D eigenvalue weighted by atomic mass is 35.5. The summed E-state index contributed by atoms with van der Waals surface area (Å²) in [7, 11) is 0. The Balaban J connectivity index is 1.43. The molecule has 1 aliphatic heterocycles. The predicted octanol–water partition coefficient (Wildman–Crippen LogP) is 1.96. The number of carbonyl (C=O) groups excluding carboxylic acids is 1. The summed E-state index contributed by atoms with van der Waals surface area (Å²) in [6.07, 6.45) is 8.52.